The van der Waals surface area contributed by atoms with Gasteiger partial charge < -0.3 is 9.84 Å². The van der Waals surface area contributed by atoms with Crippen molar-refractivity contribution in [2.45, 2.75) is 11.1 Å². The fraction of sp³-hybridized carbons (Fsp3) is 0.100. The predicted molar refractivity (Wildman–Crippen MR) is 116 cm³/mol. The first-order valence-electron chi connectivity index (χ1n) is 8.85. The van der Waals surface area contributed by atoms with Crippen LogP contribution in [-0.4, -0.2) is 32.3 Å². The van der Waals surface area contributed by atoms with Gasteiger partial charge in [0.2, 0.25) is 0 Å². The van der Waals surface area contributed by atoms with E-state index in [2.05, 4.69) is 15.2 Å². The van der Waals surface area contributed by atoms with Gasteiger partial charge in [-0.3, -0.25) is 9.52 Å². The van der Waals surface area contributed by atoms with Gasteiger partial charge in [-0.2, -0.15) is 5.10 Å². The smallest absolute Gasteiger partial charge is 0.273 e. The van der Waals surface area contributed by atoms with Crippen molar-refractivity contribution in [2.24, 2.45) is 5.10 Å². The molecule has 0 radical (unpaired) electrons. The van der Waals surface area contributed by atoms with Crippen molar-refractivity contribution in [3.8, 4) is 11.5 Å². The Morgan fingerprint density at radius 3 is 2.73 bits per heavy atom. The summed E-state index contributed by atoms with van der Waals surface area (Å²) in [6.07, 6.45) is 1.39. The number of nitrogens with zero attached hydrogens (tertiary/aromatic N) is 1. The van der Waals surface area contributed by atoms with Crippen molar-refractivity contribution in [1.29, 1.82) is 0 Å². The van der Waals surface area contributed by atoms with Crippen molar-refractivity contribution in [3.63, 3.8) is 0 Å². The number of rotatable bonds is 8. The second-order valence-electron chi connectivity index (χ2n) is 5.94. The van der Waals surface area contributed by atoms with E-state index in [1.165, 1.54) is 30.5 Å². The number of hydrogen-bond acceptors (Lipinski definition) is 7. The second kappa shape index (κ2) is 9.42. The maximum absolute atomic E-state index is 12.5. The first kappa shape index (κ1) is 21.3. The predicted octanol–water partition coefficient (Wildman–Crippen LogP) is 3.42. The minimum atomic E-state index is -3.79. The van der Waals surface area contributed by atoms with Crippen LogP contribution in [0.25, 0.3) is 0 Å². The molecule has 156 valence electrons. The highest BCUT2D eigenvalue weighted by Gasteiger charge is 2.19. The second-order valence-corrected chi connectivity index (χ2v) is 8.80. The molecule has 0 aliphatic rings. The zero-order chi connectivity index (χ0) is 21.6. The van der Waals surface area contributed by atoms with E-state index in [0.29, 0.717) is 17.9 Å². The fourth-order valence-electron chi connectivity index (χ4n) is 2.49. The lowest BCUT2D eigenvalue weighted by Crippen LogP contribution is -2.21. The van der Waals surface area contributed by atoms with Crippen LogP contribution in [0.5, 0.6) is 11.5 Å². The average molecular weight is 446 g/mol. The monoisotopic (exact) mass is 445 g/mol. The van der Waals surface area contributed by atoms with Crippen molar-refractivity contribution < 1.29 is 23.1 Å². The van der Waals surface area contributed by atoms with Crippen molar-refractivity contribution in [2.75, 3.05) is 11.3 Å². The summed E-state index contributed by atoms with van der Waals surface area (Å²) >= 11 is 1.08. The summed E-state index contributed by atoms with van der Waals surface area (Å²) in [5.41, 5.74) is 3.23. The van der Waals surface area contributed by atoms with Crippen molar-refractivity contribution in [1.82, 2.24) is 5.43 Å². The summed E-state index contributed by atoms with van der Waals surface area (Å²) in [4.78, 5) is 12.5. The van der Waals surface area contributed by atoms with Gasteiger partial charge in [-0.25, -0.2) is 13.8 Å². The van der Waals surface area contributed by atoms with Gasteiger partial charge in [0.15, 0.2) is 11.5 Å². The molecule has 0 saturated carbocycles. The number of phenols is 1. The first-order valence-corrected chi connectivity index (χ1v) is 11.2. The Bertz CT molecular complexity index is 1160. The maximum Gasteiger partial charge on any atom is 0.273 e. The number of carbonyl (C=O) groups is 1. The van der Waals surface area contributed by atoms with Crippen molar-refractivity contribution >= 4 is 39.2 Å². The Morgan fingerprint density at radius 1 is 1.20 bits per heavy atom. The fourth-order valence-corrected chi connectivity index (χ4v) is 4.56. The lowest BCUT2D eigenvalue weighted by Gasteiger charge is -2.10. The van der Waals surface area contributed by atoms with Crippen LogP contribution < -0.4 is 14.9 Å². The summed E-state index contributed by atoms with van der Waals surface area (Å²) in [5, 5.41) is 15.3. The molecule has 30 heavy (non-hydrogen) atoms. The number of amides is 1. The molecular formula is C20H19N3O5S2. The Labute approximate surface area is 177 Å². The van der Waals surface area contributed by atoms with E-state index in [0.717, 1.165) is 11.3 Å². The van der Waals surface area contributed by atoms with E-state index in [4.69, 9.17) is 4.74 Å². The molecule has 3 aromatic rings. The molecule has 3 N–H and O–H groups in total. The normalized spacial score (nSPS) is 11.4. The van der Waals surface area contributed by atoms with Crippen LogP contribution in [-0.2, 0) is 10.0 Å². The largest absolute Gasteiger partial charge is 0.504 e. The number of phenolic OH excluding ortho intramolecular Hbond substituents is 1. The lowest BCUT2D eigenvalue weighted by molar-refractivity contribution is 0.0956. The van der Waals surface area contributed by atoms with Crippen LogP contribution in [0.4, 0.5) is 5.69 Å². The molecule has 1 amide bonds. The average Bonchev–Trinajstić information content (AvgIpc) is 3.26. The summed E-state index contributed by atoms with van der Waals surface area (Å²) in [6, 6.07) is 14.0. The minimum Gasteiger partial charge on any atom is -0.504 e. The van der Waals surface area contributed by atoms with Crippen LogP contribution in [0.15, 0.2) is 69.3 Å². The van der Waals surface area contributed by atoms with Gasteiger partial charge in [0.05, 0.1) is 24.1 Å². The third-order valence-electron chi connectivity index (χ3n) is 3.84. The molecule has 0 aliphatic carbocycles. The number of carbonyl (C=O) groups excluding carboxylic acids is 1. The van der Waals surface area contributed by atoms with Crippen LogP contribution in [0.1, 0.15) is 22.8 Å². The Morgan fingerprint density at radius 2 is 2.00 bits per heavy atom. The number of para-hydroxylation sites is 1. The van der Waals surface area contributed by atoms with E-state index in [-0.39, 0.29) is 21.2 Å². The Hall–Kier alpha value is -3.37. The quantitative estimate of drug-likeness (QED) is 0.363. The minimum absolute atomic E-state index is 0.00462. The van der Waals surface area contributed by atoms with Crippen molar-refractivity contribution in [3.05, 3.63) is 71.1 Å². The van der Waals surface area contributed by atoms with Crippen LogP contribution >= 0.6 is 11.3 Å². The highest BCUT2D eigenvalue weighted by atomic mass is 32.2. The number of sulfonamides is 1. The number of benzene rings is 2. The number of ether oxygens (including phenoxy) is 1. The van der Waals surface area contributed by atoms with Gasteiger partial charge in [-0.15, -0.1) is 11.3 Å². The number of nitrogens with one attached hydrogen (secondary N) is 2. The molecule has 0 aliphatic heterocycles. The number of hydrogen-bond donors (Lipinski definition) is 3. The Balaban J connectivity index is 1.74. The molecule has 2 aromatic carbocycles. The molecule has 0 saturated heterocycles. The van der Waals surface area contributed by atoms with Gasteiger partial charge in [0.1, 0.15) is 4.21 Å². The van der Waals surface area contributed by atoms with E-state index in [1.807, 2.05) is 0 Å². The molecule has 0 bridgehead atoms. The molecule has 8 nitrogen and oxygen atoms in total. The van der Waals surface area contributed by atoms with E-state index in [1.54, 1.807) is 42.6 Å². The van der Waals surface area contributed by atoms with Gasteiger partial charge in [0, 0.05) is 0 Å². The van der Waals surface area contributed by atoms with E-state index < -0.39 is 15.9 Å². The standard InChI is InChI=1S/C20H19N3O5S2/c1-2-28-18-12-14(9-10-17(18)24)13-21-22-20(25)15-6-3-4-7-16(15)23-30(26,27)19-8-5-11-29-19/h3-13,23-24H,2H2,1H3,(H,22,25)/b21-13-. The molecular weight excluding hydrogens is 426 g/mol. The van der Waals surface area contributed by atoms with Crippen LogP contribution in [0.3, 0.4) is 0 Å². The van der Waals surface area contributed by atoms with E-state index in [9.17, 15) is 18.3 Å². The highest BCUT2D eigenvalue weighted by molar-refractivity contribution is 7.94. The first-order chi connectivity index (χ1) is 14.4. The summed E-state index contributed by atoms with van der Waals surface area (Å²) in [5.74, 6) is -0.273. The van der Waals surface area contributed by atoms with Gasteiger partial charge in [-0.1, -0.05) is 18.2 Å². The van der Waals surface area contributed by atoms with Gasteiger partial charge in [0.25, 0.3) is 15.9 Å². The third kappa shape index (κ3) is 5.16. The topological polar surface area (TPSA) is 117 Å². The van der Waals surface area contributed by atoms with Crippen LogP contribution in [0, 0.1) is 0 Å². The molecule has 0 atom stereocenters. The van der Waals surface area contributed by atoms with Crippen LogP contribution in [0.2, 0.25) is 0 Å². The summed E-state index contributed by atoms with van der Waals surface area (Å²) in [6.45, 7) is 2.19. The SMILES string of the molecule is CCOc1cc(/C=N\NC(=O)c2ccccc2NS(=O)(=O)c2cccs2)ccc1O. The van der Waals surface area contributed by atoms with E-state index >= 15 is 0 Å². The van der Waals surface area contributed by atoms with Gasteiger partial charge >= 0.3 is 0 Å². The number of aromatic hydroxyl groups is 1. The molecule has 0 unspecified atom stereocenters. The number of thiophene rings is 1. The maximum atomic E-state index is 12.5. The molecule has 1 aromatic heterocycles. The highest BCUT2D eigenvalue weighted by Crippen LogP contribution is 2.26. The number of hydrazone groups is 1. The molecule has 0 fully saturated rings. The lowest BCUT2D eigenvalue weighted by atomic mass is 10.2. The third-order valence-corrected chi connectivity index (χ3v) is 6.60. The van der Waals surface area contributed by atoms with Gasteiger partial charge in [-0.05, 0) is 54.3 Å². The molecule has 1 heterocycles. The summed E-state index contributed by atoms with van der Waals surface area (Å²) < 4.78 is 32.8. The molecule has 3 rings (SSSR count). The summed E-state index contributed by atoms with van der Waals surface area (Å²) in [7, 11) is -3.79. The zero-order valence-electron chi connectivity index (χ0n) is 15.9. The number of anilines is 1. The Kier molecular flexibility index (Phi) is 6.70. The zero-order valence-corrected chi connectivity index (χ0v) is 17.5. The molecule has 0 spiro atoms. The molecule has 10 heteroatoms.